The van der Waals surface area contributed by atoms with Gasteiger partial charge in [0.15, 0.2) is 16.7 Å². The van der Waals surface area contributed by atoms with Crippen LogP contribution in [0, 0.1) is 0 Å². The average molecular weight is 461 g/mol. The number of para-hydroxylation sites is 1. The molecule has 3 heterocycles. The molecule has 0 saturated heterocycles. The maximum absolute atomic E-state index is 13.8. The van der Waals surface area contributed by atoms with E-state index in [-0.39, 0.29) is 33.4 Å². The van der Waals surface area contributed by atoms with Gasteiger partial charge in [0, 0.05) is 0 Å². The Morgan fingerprint density at radius 3 is 2.50 bits per heavy atom. The number of aromatic nitrogens is 4. The molecule has 0 fully saturated rings. The van der Waals surface area contributed by atoms with E-state index < -0.39 is 17.4 Å². The second-order valence-electron chi connectivity index (χ2n) is 6.79. The molecule has 0 saturated carbocycles. The number of halogens is 4. The second-order valence-corrected chi connectivity index (χ2v) is 7.15. The zero-order valence-electron chi connectivity index (χ0n) is 16.2. The van der Waals surface area contributed by atoms with Crippen molar-refractivity contribution in [3.8, 4) is 28.3 Å². The fourth-order valence-electron chi connectivity index (χ4n) is 3.50. The minimum absolute atomic E-state index is 0.189. The largest absolute Gasteiger partial charge is 0.494 e. The first kappa shape index (κ1) is 20.1. The van der Waals surface area contributed by atoms with Gasteiger partial charge in [0.1, 0.15) is 22.2 Å². The van der Waals surface area contributed by atoms with Crippen molar-refractivity contribution >= 4 is 28.3 Å². The smallest absolute Gasteiger partial charge is 0.433 e. The van der Waals surface area contributed by atoms with Gasteiger partial charge in [-0.3, -0.25) is 9.89 Å². The highest BCUT2D eigenvalue weighted by atomic mass is 35.5. The van der Waals surface area contributed by atoms with Crippen molar-refractivity contribution in [1.82, 2.24) is 19.6 Å². The normalized spacial score (nSPS) is 12.0. The summed E-state index contributed by atoms with van der Waals surface area (Å²) in [5, 5.41) is 1.79. The topological polar surface area (TPSA) is 85.4 Å². The van der Waals surface area contributed by atoms with Crippen molar-refractivity contribution in [3.63, 3.8) is 0 Å². The van der Waals surface area contributed by atoms with Gasteiger partial charge >= 0.3 is 6.18 Å². The van der Waals surface area contributed by atoms with Gasteiger partial charge in [-0.2, -0.15) is 17.7 Å². The number of hydrogen-bond acceptors (Lipinski definition) is 5. The van der Waals surface area contributed by atoms with Crippen molar-refractivity contribution in [1.29, 1.82) is 0 Å². The number of aromatic amines is 1. The lowest BCUT2D eigenvalue weighted by atomic mass is 10.1. The number of methoxy groups -OCH3 is 1. The SMILES string of the molecule is COc1cccc2oc(-c3c(Cl)nc4c(-c5ccccc5)c(C(F)(F)F)[nH]n4c3=O)nc12. The second kappa shape index (κ2) is 7.13. The van der Waals surface area contributed by atoms with Gasteiger partial charge in [-0.15, -0.1) is 0 Å². The number of rotatable bonds is 3. The molecule has 0 atom stereocenters. The van der Waals surface area contributed by atoms with Crippen molar-refractivity contribution in [2.24, 2.45) is 0 Å². The lowest BCUT2D eigenvalue weighted by molar-refractivity contribution is -0.140. The minimum Gasteiger partial charge on any atom is -0.494 e. The van der Waals surface area contributed by atoms with Crippen LogP contribution in [0.4, 0.5) is 13.2 Å². The molecule has 0 aliphatic carbocycles. The first-order valence-electron chi connectivity index (χ1n) is 9.20. The summed E-state index contributed by atoms with van der Waals surface area (Å²) in [6.07, 6.45) is -4.77. The van der Waals surface area contributed by atoms with E-state index in [1.807, 2.05) is 0 Å². The number of H-pyrrole nitrogens is 1. The van der Waals surface area contributed by atoms with E-state index in [0.29, 0.717) is 21.4 Å². The molecule has 5 rings (SSSR count). The highest BCUT2D eigenvalue weighted by molar-refractivity contribution is 6.32. The van der Waals surface area contributed by atoms with Gasteiger partial charge in [0.05, 0.1) is 12.7 Å². The summed E-state index contributed by atoms with van der Waals surface area (Å²) in [5.74, 6) is 0.208. The predicted octanol–water partition coefficient (Wildman–Crippen LogP) is 5.18. The Hall–Kier alpha value is -3.79. The van der Waals surface area contributed by atoms with Crippen LogP contribution in [0.15, 0.2) is 57.7 Å². The summed E-state index contributed by atoms with van der Waals surface area (Å²) in [5.41, 5.74) is -1.99. The molecule has 5 aromatic rings. The summed E-state index contributed by atoms with van der Waals surface area (Å²) < 4.78 is 52.9. The Morgan fingerprint density at radius 1 is 1.06 bits per heavy atom. The summed E-state index contributed by atoms with van der Waals surface area (Å²) in [4.78, 5) is 21.6. The van der Waals surface area contributed by atoms with E-state index >= 15 is 0 Å². The van der Waals surface area contributed by atoms with E-state index in [1.54, 1.807) is 36.4 Å². The number of hydrogen-bond donors (Lipinski definition) is 1. The number of fused-ring (bicyclic) bond motifs is 2. The number of benzene rings is 2. The van der Waals surface area contributed by atoms with Crippen LogP contribution in [-0.2, 0) is 6.18 Å². The van der Waals surface area contributed by atoms with Crippen LogP contribution in [0.1, 0.15) is 5.69 Å². The average Bonchev–Trinajstić information content (AvgIpc) is 3.36. The van der Waals surface area contributed by atoms with Gasteiger partial charge in [-0.1, -0.05) is 48.0 Å². The fourth-order valence-corrected chi connectivity index (χ4v) is 3.75. The van der Waals surface area contributed by atoms with Crippen molar-refractivity contribution in [3.05, 3.63) is 69.7 Å². The Bertz CT molecular complexity index is 1540. The maximum Gasteiger partial charge on any atom is 0.433 e. The van der Waals surface area contributed by atoms with Gasteiger partial charge in [0.2, 0.25) is 5.89 Å². The van der Waals surface area contributed by atoms with Crippen molar-refractivity contribution < 1.29 is 22.3 Å². The van der Waals surface area contributed by atoms with E-state index in [4.69, 9.17) is 20.8 Å². The standard InChI is InChI=1S/C21H12ClF3N4O3/c1-31-11-8-5-9-12-15(11)26-19(32-12)14-17(22)27-18-13(10-6-3-2-4-7-10)16(21(23,24)25)28-29(18)20(14)30/h2-9,28H,1H3. The number of alkyl halides is 3. The molecule has 0 bridgehead atoms. The van der Waals surface area contributed by atoms with Crippen molar-refractivity contribution in [2.45, 2.75) is 6.18 Å². The molecule has 0 spiro atoms. The molecule has 0 radical (unpaired) electrons. The van der Waals surface area contributed by atoms with Gasteiger partial charge < -0.3 is 9.15 Å². The van der Waals surface area contributed by atoms with E-state index in [9.17, 15) is 18.0 Å². The highest BCUT2D eigenvalue weighted by Gasteiger charge is 2.38. The first-order chi connectivity index (χ1) is 15.3. The number of nitrogens with one attached hydrogen (secondary N) is 1. The quantitative estimate of drug-likeness (QED) is 0.375. The third-order valence-electron chi connectivity index (χ3n) is 4.90. The highest BCUT2D eigenvalue weighted by Crippen LogP contribution is 2.39. The maximum atomic E-state index is 13.8. The molecular weight excluding hydrogens is 449 g/mol. The lowest BCUT2D eigenvalue weighted by Crippen LogP contribution is -2.19. The Kier molecular flexibility index (Phi) is 4.48. The third kappa shape index (κ3) is 3.02. The molecule has 32 heavy (non-hydrogen) atoms. The van der Waals surface area contributed by atoms with Crippen LogP contribution in [0.5, 0.6) is 5.75 Å². The Balaban J connectivity index is 1.82. The molecule has 1 N–H and O–H groups in total. The lowest BCUT2D eigenvalue weighted by Gasteiger charge is -2.07. The van der Waals surface area contributed by atoms with E-state index in [1.165, 1.54) is 19.2 Å². The van der Waals surface area contributed by atoms with E-state index in [0.717, 1.165) is 0 Å². The predicted molar refractivity (Wildman–Crippen MR) is 111 cm³/mol. The number of ether oxygens (including phenoxy) is 1. The van der Waals surface area contributed by atoms with Gasteiger partial charge in [0.25, 0.3) is 5.56 Å². The third-order valence-corrected chi connectivity index (χ3v) is 5.17. The Labute approximate surface area is 182 Å². The summed E-state index contributed by atoms with van der Waals surface area (Å²) in [6.45, 7) is 0. The zero-order chi connectivity index (χ0) is 22.6. The number of nitrogens with zero attached hydrogens (tertiary/aromatic N) is 3. The molecular formula is C21H12ClF3N4O3. The van der Waals surface area contributed by atoms with Crippen LogP contribution < -0.4 is 10.3 Å². The van der Waals surface area contributed by atoms with Gasteiger partial charge in [-0.25, -0.2) is 9.97 Å². The fraction of sp³-hybridized carbons (Fsp3) is 0.0952. The summed E-state index contributed by atoms with van der Waals surface area (Å²) >= 11 is 6.28. The molecule has 162 valence electrons. The van der Waals surface area contributed by atoms with E-state index in [2.05, 4.69) is 15.1 Å². The molecule has 0 amide bonds. The van der Waals surface area contributed by atoms with Crippen LogP contribution >= 0.6 is 11.6 Å². The molecule has 11 heteroatoms. The summed E-state index contributed by atoms with van der Waals surface area (Å²) in [6, 6.07) is 12.7. The zero-order valence-corrected chi connectivity index (χ0v) is 17.0. The molecule has 0 aliphatic heterocycles. The first-order valence-corrected chi connectivity index (χ1v) is 9.58. The van der Waals surface area contributed by atoms with Crippen LogP contribution in [-0.4, -0.2) is 26.7 Å². The molecule has 0 aliphatic rings. The number of oxazole rings is 1. The molecule has 3 aromatic heterocycles. The minimum atomic E-state index is -4.77. The van der Waals surface area contributed by atoms with Gasteiger partial charge in [-0.05, 0) is 17.7 Å². The monoisotopic (exact) mass is 460 g/mol. The van der Waals surface area contributed by atoms with Crippen LogP contribution in [0.3, 0.4) is 0 Å². The Morgan fingerprint density at radius 2 is 1.81 bits per heavy atom. The van der Waals surface area contributed by atoms with Crippen molar-refractivity contribution in [2.75, 3.05) is 7.11 Å². The van der Waals surface area contributed by atoms with Crippen LogP contribution in [0.25, 0.3) is 39.3 Å². The summed E-state index contributed by atoms with van der Waals surface area (Å²) in [7, 11) is 1.45. The molecule has 0 unspecified atom stereocenters. The molecule has 2 aromatic carbocycles. The molecule has 7 nitrogen and oxygen atoms in total. The van der Waals surface area contributed by atoms with Crippen LogP contribution in [0.2, 0.25) is 5.15 Å².